The number of rotatable bonds is 9. The predicted octanol–water partition coefficient (Wildman–Crippen LogP) is 4.39. The first-order chi connectivity index (χ1) is 18.3. The van der Waals surface area contributed by atoms with Crippen LogP contribution < -0.4 is 5.32 Å². The SMILES string of the molecule is O=NC(C(=O)NC1C(=O)N2CC(C=CCl)(C(=O)OC(c3ccccc3)c3ccccc3)CS[C@H]12)=C(O)CBr. The molecule has 0 aromatic heterocycles. The second-order valence-corrected chi connectivity index (χ2v) is 10.6. The molecular formula is C26H23BrClN3O6S. The highest BCUT2D eigenvalue weighted by Crippen LogP contribution is 2.44. The van der Waals surface area contributed by atoms with Crippen molar-refractivity contribution in [2.75, 3.05) is 17.6 Å². The summed E-state index contributed by atoms with van der Waals surface area (Å²) in [6.07, 6.45) is 0.855. The standard InChI is InChI=1S/C26H23BrClN3O6S/c27-13-18(32)19(30-36)22(33)29-20-23(34)31-14-26(11-12-28,15-38-24(20)31)25(35)37-21(16-7-3-1-4-8-16)17-9-5-2-6-10-17/h1-12,20-21,24,32H,13-15H2,(H,29,33)/t20?,24-,26?/m1/s1. The highest BCUT2D eigenvalue weighted by Gasteiger charge is 2.57. The number of amides is 2. The quantitative estimate of drug-likeness (QED) is 0.106. The number of hydrogen-bond donors (Lipinski definition) is 2. The van der Waals surface area contributed by atoms with E-state index in [4.69, 9.17) is 16.3 Å². The zero-order valence-electron chi connectivity index (χ0n) is 19.8. The first kappa shape index (κ1) is 27.9. The Bertz CT molecular complexity index is 1240. The molecule has 2 unspecified atom stereocenters. The molecule has 9 nitrogen and oxygen atoms in total. The van der Waals surface area contributed by atoms with Gasteiger partial charge < -0.3 is 20.1 Å². The average Bonchev–Trinajstić information content (AvgIpc) is 2.95. The Morgan fingerprint density at radius 3 is 2.34 bits per heavy atom. The molecule has 2 saturated heterocycles. The molecule has 2 aromatic rings. The number of hydrogen-bond acceptors (Lipinski definition) is 8. The largest absolute Gasteiger partial charge is 0.509 e. The summed E-state index contributed by atoms with van der Waals surface area (Å²) in [4.78, 5) is 51.5. The Morgan fingerprint density at radius 2 is 1.82 bits per heavy atom. The number of nitrogens with one attached hydrogen (secondary N) is 1. The number of halogens is 2. The van der Waals surface area contributed by atoms with Crippen LogP contribution in [0, 0.1) is 10.3 Å². The zero-order valence-corrected chi connectivity index (χ0v) is 23.0. The van der Waals surface area contributed by atoms with E-state index in [0.29, 0.717) is 0 Å². The van der Waals surface area contributed by atoms with Crippen LogP contribution in [0.5, 0.6) is 0 Å². The van der Waals surface area contributed by atoms with E-state index in [9.17, 15) is 24.4 Å². The molecule has 2 N–H and O–H groups in total. The van der Waals surface area contributed by atoms with Crippen LogP contribution in [0.15, 0.2) is 88.9 Å². The molecule has 3 atom stereocenters. The molecule has 0 spiro atoms. The summed E-state index contributed by atoms with van der Waals surface area (Å²) < 4.78 is 6.08. The van der Waals surface area contributed by atoms with Crippen molar-refractivity contribution in [1.29, 1.82) is 0 Å². The minimum Gasteiger partial charge on any atom is -0.509 e. The monoisotopic (exact) mass is 619 g/mol. The van der Waals surface area contributed by atoms with E-state index >= 15 is 0 Å². The van der Waals surface area contributed by atoms with Gasteiger partial charge in [0.2, 0.25) is 11.6 Å². The van der Waals surface area contributed by atoms with Crippen LogP contribution in [0.2, 0.25) is 0 Å². The molecule has 2 amide bonds. The first-order valence-electron chi connectivity index (χ1n) is 11.5. The van der Waals surface area contributed by atoms with Gasteiger partial charge in [-0.1, -0.05) is 94.3 Å². The number of nitroso groups, excluding NO2 is 1. The van der Waals surface area contributed by atoms with Gasteiger partial charge in [0.1, 0.15) is 22.6 Å². The van der Waals surface area contributed by atoms with Crippen molar-refractivity contribution in [3.05, 3.63) is 99.8 Å². The van der Waals surface area contributed by atoms with Gasteiger partial charge in [0.15, 0.2) is 6.10 Å². The van der Waals surface area contributed by atoms with Crippen LogP contribution in [-0.2, 0) is 19.1 Å². The normalized spacial score (nSPS) is 23.3. The minimum atomic E-state index is -1.22. The number of allylic oxidation sites excluding steroid dienone is 1. The number of aliphatic hydroxyl groups excluding tert-OH is 1. The lowest BCUT2D eigenvalue weighted by Crippen LogP contribution is -2.73. The fraction of sp³-hybridized carbons (Fsp3) is 0.269. The lowest BCUT2D eigenvalue weighted by atomic mass is 9.87. The van der Waals surface area contributed by atoms with Crippen molar-refractivity contribution in [1.82, 2.24) is 10.2 Å². The fourth-order valence-corrected chi connectivity index (χ4v) is 6.33. The molecule has 4 rings (SSSR count). The van der Waals surface area contributed by atoms with Crippen molar-refractivity contribution in [2.24, 2.45) is 10.6 Å². The summed E-state index contributed by atoms with van der Waals surface area (Å²) in [5.74, 6) is -2.26. The molecular weight excluding hydrogens is 598 g/mol. The Morgan fingerprint density at radius 1 is 1.21 bits per heavy atom. The Labute approximate surface area is 236 Å². The second-order valence-electron chi connectivity index (χ2n) is 8.69. The van der Waals surface area contributed by atoms with Crippen LogP contribution in [0.1, 0.15) is 17.2 Å². The van der Waals surface area contributed by atoms with Gasteiger partial charge in [0.05, 0.1) is 5.33 Å². The molecule has 0 radical (unpaired) electrons. The molecule has 0 bridgehead atoms. The Hall–Kier alpha value is -3.15. The first-order valence-corrected chi connectivity index (χ1v) is 14.1. The number of aliphatic hydroxyl groups is 1. The van der Waals surface area contributed by atoms with Gasteiger partial charge >= 0.3 is 5.97 Å². The summed E-state index contributed by atoms with van der Waals surface area (Å²) in [5, 5.41) is 14.1. The van der Waals surface area contributed by atoms with Crippen molar-refractivity contribution in [3.63, 3.8) is 0 Å². The summed E-state index contributed by atoms with van der Waals surface area (Å²) in [6.45, 7) is -0.00446. The van der Waals surface area contributed by atoms with E-state index in [1.165, 1.54) is 28.3 Å². The number of esters is 1. The Kier molecular flexibility index (Phi) is 8.91. The third kappa shape index (κ3) is 5.50. The number of carbonyl (C=O) groups is 3. The highest BCUT2D eigenvalue weighted by molar-refractivity contribution is 9.09. The molecule has 2 aromatic carbocycles. The number of β-lactam (4-membered cyclic amide) rings is 1. The lowest BCUT2D eigenvalue weighted by molar-refractivity contribution is -0.162. The predicted molar refractivity (Wildman–Crippen MR) is 147 cm³/mol. The van der Waals surface area contributed by atoms with Crippen molar-refractivity contribution >= 4 is 57.1 Å². The maximum atomic E-state index is 13.7. The van der Waals surface area contributed by atoms with E-state index in [1.807, 2.05) is 60.7 Å². The number of nitrogens with zero attached hydrogens (tertiary/aromatic N) is 2. The molecule has 198 valence electrons. The molecule has 2 fully saturated rings. The van der Waals surface area contributed by atoms with Gasteiger partial charge in [-0.15, -0.1) is 16.7 Å². The van der Waals surface area contributed by atoms with Gasteiger partial charge in [-0.2, -0.15) is 0 Å². The topological polar surface area (TPSA) is 125 Å². The molecule has 2 aliphatic rings. The van der Waals surface area contributed by atoms with Crippen molar-refractivity contribution in [3.8, 4) is 0 Å². The number of alkyl halides is 1. The number of ether oxygens (including phenoxy) is 1. The highest BCUT2D eigenvalue weighted by atomic mass is 79.9. The molecule has 0 saturated carbocycles. The summed E-state index contributed by atoms with van der Waals surface area (Å²) >= 11 is 10.2. The maximum Gasteiger partial charge on any atom is 0.319 e. The molecule has 2 aliphatic heterocycles. The molecule has 0 aliphatic carbocycles. The van der Waals surface area contributed by atoms with E-state index in [2.05, 4.69) is 26.4 Å². The average molecular weight is 621 g/mol. The van der Waals surface area contributed by atoms with Gasteiger partial charge in [0, 0.05) is 17.8 Å². The van der Waals surface area contributed by atoms with Crippen molar-refractivity contribution < 1.29 is 24.2 Å². The van der Waals surface area contributed by atoms with Crippen LogP contribution in [0.4, 0.5) is 0 Å². The van der Waals surface area contributed by atoms with Gasteiger partial charge in [0.25, 0.3) is 5.91 Å². The van der Waals surface area contributed by atoms with Gasteiger partial charge in [-0.05, 0) is 16.3 Å². The maximum absolute atomic E-state index is 13.7. The van der Waals surface area contributed by atoms with E-state index in [1.54, 1.807) is 0 Å². The minimum absolute atomic E-state index is 0.00446. The zero-order chi connectivity index (χ0) is 27.3. The van der Waals surface area contributed by atoms with Gasteiger partial charge in [-0.25, -0.2) is 0 Å². The second kappa shape index (κ2) is 12.1. The van der Waals surface area contributed by atoms with Gasteiger partial charge in [-0.3, -0.25) is 14.4 Å². The lowest BCUT2D eigenvalue weighted by Gasteiger charge is -2.53. The fourth-order valence-electron chi connectivity index (χ4n) is 4.31. The smallest absolute Gasteiger partial charge is 0.319 e. The summed E-state index contributed by atoms with van der Waals surface area (Å²) in [7, 11) is 0. The van der Waals surface area contributed by atoms with Crippen LogP contribution in [0.3, 0.4) is 0 Å². The molecule has 2 heterocycles. The molecule has 12 heteroatoms. The van der Waals surface area contributed by atoms with Crippen molar-refractivity contribution in [2.45, 2.75) is 17.5 Å². The number of fused-ring (bicyclic) bond motifs is 1. The number of carbonyl (C=O) groups excluding carboxylic acids is 3. The number of thioether (sulfide) groups is 1. The third-order valence-corrected chi connectivity index (χ3v) is 8.52. The van der Waals surface area contributed by atoms with Crippen LogP contribution in [-0.4, -0.2) is 56.8 Å². The molecule has 38 heavy (non-hydrogen) atoms. The van der Waals surface area contributed by atoms with Crippen LogP contribution in [0.25, 0.3) is 0 Å². The Balaban J connectivity index is 1.53. The van der Waals surface area contributed by atoms with E-state index in [0.717, 1.165) is 11.1 Å². The van der Waals surface area contributed by atoms with E-state index in [-0.39, 0.29) is 17.6 Å². The van der Waals surface area contributed by atoms with E-state index < -0.39 is 52.2 Å². The van der Waals surface area contributed by atoms with Crippen LogP contribution >= 0.6 is 39.3 Å². The summed E-state index contributed by atoms with van der Waals surface area (Å²) in [5.41, 5.74) is 0.895. The third-order valence-electron chi connectivity index (χ3n) is 6.32. The summed E-state index contributed by atoms with van der Waals surface area (Å²) in [6, 6.07) is 17.7. The number of benzene rings is 2.